The molecule has 6 aromatic rings. The number of hydrogen-bond acceptors (Lipinski definition) is 8. The number of phenolic OH excluding ortho intramolecular Hbond substituents is 4. The van der Waals surface area contributed by atoms with Gasteiger partial charge in [0.1, 0.15) is 22.6 Å². The Kier molecular flexibility index (Phi) is 6.41. The molecular weight excluding hydrogens is 600 g/mol. The predicted molar refractivity (Wildman–Crippen MR) is 186 cm³/mol. The first-order valence-corrected chi connectivity index (χ1v) is 17.1. The van der Waals surface area contributed by atoms with E-state index in [-0.39, 0.29) is 34.3 Å². The quantitative estimate of drug-likeness (QED) is 0.110. The summed E-state index contributed by atoms with van der Waals surface area (Å²) in [6.45, 7) is 0. The van der Waals surface area contributed by atoms with Gasteiger partial charge in [0.05, 0.1) is 16.1 Å². The van der Waals surface area contributed by atoms with Crippen LogP contribution in [-0.4, -0.2) is 31.8 Å². The summed E-state index contributed by atoms with van der Waals surface area (Å²) in [5, 5.41) is 51.2. The fraction of sp³-hybridized carbons (Fsp3) is 0.300. The minimum atomic E-state index is -0.364. The molecule has 2 aliphatic carbocycles. The van der Waals surface area contributed by atoms with E-state index in [9.17, 15) is 20.4 Å². The maximum Gasteiger partial charge on any atom is 0.151 e. The van der Waals surface area contributed by atoms with Crippen LogP contribution >= 0.6 is 0 Å². The standard InChI is InChI=1S/2C20H18N2O2/c23-18-12-6-2-3-7-13(12)19(24)15-11-17-16(10-14(15)18)21-20(22-17)8-4-1-5-9-20;23-17-6-4-5-12-9-15-13(10-14(12)17)11-16-18(19(15)24)22-20(21-16)7-2-1-3-8-20/h2-3,6-7,10-11,23-24H,1,4-5,8-9H2;4-6,9-11,23-24H,1-3,7-8H2. The molecule has 48 heavy (non-hydrogen) atoms. The third-order valence-corrected chi connectivity index (χ3v) is 10.7. The minimum absolute atomic E-state index is 0.195. The first-order valence-electron chi connectivity index (χ1n) is 17.1. The Hall–Kier alpha value is -5.24. The van der Waals surface area contributed by atoms with Crippen LogP contribution in [0.4, 0.5) is 0 Å². The van der Waals surface area contributed by atoms with Crippen LogP contribution in [-0.2, 0) is 0 Å². The second kappa shape index (κ2) is 10.6. The molecule has 2 spiro atoms. The van der Waals surface area contributed by atoms with Crippen LogP contribution in [0.15, 0.2) is 92.8 Å². The molecule has 0 radical (unpaired) electrons. The highest BCUT2D eigenvalue weighted by molar-refractivity contribution is 6.10. The van der Waals surface area contributed by atoms with E-state index in [2.05, 4.69) is 0 Å². The van der Waals surface area contributed by atoms with Crippen molar-refractivity contribution in [2.75, 3.05) is 0 Å². The van der Waals surface area contributed by atoms with Gasteiger partial charge in [-0.3, -0.25) is 15.0 Å². The van der Waals surface area contributed by atoms with E-state index in [1.54, 1.807) is 6.07 Å². The SMILES string of the molecule is Oc1c2ccccc2c(O)c2cc3c(cc12)=NC1(CCCCC1)N=3.Oc1cccc2cc3c(O)c4c(cc3cc12)=NC1(CCCCC1)N=4. The van der Waals surface area contributed by atoms with Gasteiger partial charge >= 0.3 is 0 Å². The van der Waals surface area contributed by atoms with Crippen molar-refractivity contribution in [2.45, 2.75) is 75.5 Å². The zero-order chi connectivity index (χ0) is 32.6. The lowest BCUT2D eigenvalue weighted by atomic mass is 9.90. The molecule has 2 heterocycles. The number of benzene rings is 6. The highest BCUT2D eigenvalue weighted by Crippen LogP contribution is 2.41. The van der Waals surface area contributed by atoms with Crippen LogP contribution in [0.1, 0.15) is 64.2 Å². The summed E-state index contributed by atoms with van der Waals surface area (Å²) in [5.41, 5.74) is -0.681. The third-order valence-electron chi connectivity index (χ3n) is 10.7. The van der Waals surface area contributed by atoms with E-state index in [1.165, 1.54) is 12.8 Å². The predicted octanol–water partition coefficient (Wildman–Crippen LogP) is 6.63. The van der Waals surface area contributed by atoms with Crippen molar-refractivity contribution < 1.29 is 20.4 Å². The molecule has 2 saturated carbocycles. The van der Waals surface area contributed by atoms with E-state index in [1.807, 2.05) is 66.7 Å². The molecule has 240 valence electrons. The Morgan fingerprint density at radius 2 is 0.958 bits per heavy atom. The molecule has 10 rings (SSSR count). The minimum Gasteiger partial charge on any atom is -0.507 e. The van der Waals surface area contributed by atoms with Gasteiger partial charge in [0.2, 0.25) is 0 Å². The number of rotatable bonds is 0. The summed E-state index contributed by atoms with van der Waals surface area (Å²) in [4.78, 5) is 19.5. The Balaban J connectivity index is 0.000000131. The Labute approximate surface area is 275 Å². The largest absolute Gasteiger partial charge is 0.507 e. The number of hydrogen-bond donors (Lipinski definition) is 4. The van der Waals surface area contributed by atoms with Gasteiger partial charge < -0.3 is 20.4 Å². The summed E-state index contributed by atoms with van der Waals surface area (Å²) in [5.74, 6) is 0.848. The van der Waals surface area contributed by atoms with E-state index in [0.29, 0.717) is 26.9 Å². The molecular formula is C40H36N4O4. The molecule has 0 aromatic heterocycles. The number of phenols is 4. The van der Waals surface area contributed by atoms with Crippen molar-refractivity contribution in [2.24, 2.45) is 20.0 Å². The van der Waals surface area contributed by atoms with Gasteiger partial charge in [0.15, 0.2) is 17.1 Å². The van der Waals surface area contributed by atoms with E-state index < -0.39 is 0 Å². The zero-order valence-electron chi connectivity index (χ0n) is 26.6. The second-order valence-corrected chi connectivity index (χ2v) is 13.8. The summed E-state index contributed by atoms with van der Waals surface area (Å²) >= 11 is 0. The van der Waals surface area contributed by atoms with Gasteiger partial charge in [0.25, 0.3) is 0 Å². The van der Waals surface area contributed by atoms with Crippen LogP contribution in [0.5, 0.6) is 23.0 Å². The van der Waals surface area contributed by atoms with E-state index in [4.69, 9.17) is 20.0 Å². The van der Waals surface area contributed by atoms with Gasteiger partial charge in [-0.15, -0.1) is 0 Å². The number of fused-ring (bicyclic) bond motifs is 6. The first kappa shape index (κ1) is 28.9. The monoisotopic (exact) mass is 636 g/mol. The van der Waals surface area contributed by atoms with Crippen LogP contribution in [0.2, 0.25) is 0 Å². The highest BCUT2D eigenvalue weighted by atomic mass is 16.3. The molecule has 2 fully saturated rings. The van der Waals surface area contributed by atoms with Crippen molar-refractivity contribution >= 4 is 43.1 Å². The summed E-state index contributed by atoms with van der Waals surface area (Å²) in [6, 6.07) is 22.4. The fourth-order valence-corrected chi connectivity index (χ4v) is 8.26. The molecule has 0 bridgehead atoms. The lowest BCUT2D eigenvalue weighted by molar-refractivity contribution is 0.308. The van der Waals surface area contributed by atoms with E-state index in [0.717, 1.165) is 89.0 Å². The molecule has 4 N–H and O–H groups in total. The normalized spacial score (nSPS) is 18.5. The molecule has 0 atom stereocenters. The highest BCUT2D eigenvalue weighted by Gasteiger charge is 2.34. The molecule has 0 saturated heterocycles. The van der Waals surface area contributed by atoms with Crippen molar-refractivity contribution in [1.29, 1.82) is 0 Å². The molecule has 2 aliphatic heterocycles. The molecule has 8 heteroatoms. The summed E-state index contributed by atoms with van der Waals surface area (Å²) in [6.07, 6.45) is 11.0. The second-order valence-electron chi connectivity index (χ2n) is 13.8. The average Bonchev–Trinajstić information content (AvgIpc) is 3.63. The maximum absolute atomic E-state index is 10.8. The number of aromatic hydroxyl groups is 4. The molecule has 0 unspecified atom stereocenters. The van der Waals surface area contributed by atoms with Crippen LogP contribution in [0, 0.1) is 0 Å². The first-order chi connectivity index (χ1) is 23.3. The molecule has 4 aliphatic rings. The third kappa shape index (κ3) is 4.49. The lowest BCUT2D eigenvalue weighted by Crippen LogP contribution is -2.26. The van der Waals surface area contributed by atoms with Crippen molar-refractivity contribution in [3.05, 3.63) is 94.2 Å². The fourth-order valence-electron chi connectivity index (χ4n) is 8.26. The van der Waals surface area contributed by atoms with Crippen molar-refractivity contribution in [1.82, 2.24) is 0 Å². The van der Waals surface area contributed by atoms with Gasteiger partial charge in [-0.25, -0.2) is 4.99 Å². The van der Waals surface area contributed by atoms with Gasteiger partial charge in [-0.1, -0.05) is 49.2 Å². The van der Waals surface area contributed by atoms with Gasteiger partial charge in [-0.2, -0.15) is 0 Å². The topological polar surface area (TPSA) is 130 Å². The zero-order valence-corrected chi connectivity index (χ0v) is 26.6. The molecule has 0 amide bonds. The molecule has 8 nitrogen and oxygen atoms in total. The molecule has 6 aromatic carbocycles. The Morgan fingerprint density at radius 3 is 1.56 bits per heavy atom. The van der Waals surface area contributed by atoms with Gasteiger partial charge in [-0.05, 0) is 98.5 Å². The van der Waals surface area contributed by atoms with E-state index >= 15 is 0 Å². The Bertz CT molecular complexity index is 2500. The van der Waals surface area contributed by atoms with Crippen LogP contribution in [0.25, 0.3) is 43.1 Å². The summed E-state index contributed by atoms with van der Waals surface area (Å²) < 4.78 is 0. The lowest BCUT2D eigenvalue weighted by Gasteiger charge is -2.27. The average molecular weight is 637 g/mol. The number of nitrogens with zero attached hydrogens (tertiary/aromatic N) is 4. The van der Waals surface area contributed by atoms with Crippen LogP contribution in [0.3, 0.4) is 0 Å². The smallest absolute Gasteiger partial charge is 0.151 e. The van der Waals surface area contributed by atoms with Crippen molar-refractivity contribution in [3.8, 4) is 23.0 Å². The van der Waals surface area contributed by atoms with Crippen molar-refractivity contribution in [3.63, 3.8) is 0 Å². The van der Waals surface area contributed by atoms with Gasteiger partial charge in [0, 0.05) is 32.3 Å². The van der Waals surface area contributed by atoms with Crippen LogP contribution < -0.4 is 21.4 Å². The summed E-state index contributed by atoms with van der Waals surface area (Å²) in [7, 11) is 0. The Morgan fingerprint density at radius 1 is 0.417 bits per heavy atom. The maximum atomic E-state index is 10.8.